The Morgan fingerprint density at radius 1 is 1.55 bits per heavy atom. The lowest BCUT2D eigenvalue weighted by Gasteiger charge is -2.32. The molecule has 1 N–H and O–H groups in total. The van der Waals surface area contributed by atoms with Crippen LogP contribution in [0.2, 0.25) is 0 Å². The Morgan fingerprint density at radius 2 is 2.50 bits per heavy atom. The summed E-state index contributed by atoms with van der Waals surface area (Å²) in [4.78, 5) is 18.4. The van der Waals surface area contributed by atoms with Crippen LogP contribution in [0.4, 0.5) is 5.13 Å². The van der Waals surface area contributed by atoms with Gasteiger partial charge in [0.25, 0.3) is 5.91 Å². The van der Waals surface area contributed by atoms with Crippen LogP contribution in [0.5, 0.6) is 0 Å². The van der Waals surface area contributed by atoms with Gasteiger partial charge in [-0.3, -0.25) is 4.79 Å². The number of carbonyl (C=O) groups excluding carboxylic acids is 1. The van der Waals surface area contributed by atoms with Crippen molar-refractivity contribution in [3.05, 3.63) is 29.6 Å². The zero-order chi connectivity index (χ0) is 13.8. The second kappa shape index (κ2) is 6.04. The maximum atomic E-state index is 11.8. The normalized spacial score (nSPS) is 19.0. The van der Waals surface area contributed by atoms with Crippen molar-refractivity contribution in [3.63, 3.8) is 0 Å². The number of rotatable bonds is 4. The molecule has 3 rings (SSSR count). The molecule has 0 aliphatic carbocycles. The standard InChI is InChI=1S/C13H16N4O2S/c18-12(11-3-4-16-19-11)15-8-10-2-1-6-17(9-10)13-14-5-7-20-13/h3-5,7,10H,1-2,6,8-9H2,(H,15,18)/t10-/m0/s1. The highest BCUT2D eigenvalue weighted by atomic mass is 32.1. The van der Waals surface area contributed by atoms with E-state index >= 15 is 0 Å². The Morgan fingerprint density at radius 3 is 3.25 bits per heavy atom. The maximum Gasteiger partial charge on any atom is 0.289 e. The average Bonchev–Trinajstić information content (AvgIpc) is 3.17. The van der Waals surface area contributed by atoms with E-state index in [9.17, 15) is 4.79 Å². The first-order chi connectivity index (χ1) is 9.83. The van der Waals surface area contributed by atoms with Gasteiger partial charge in [0.05, 0.1) is 6.20 Å². The van der Waals surface area contributed by atoms with E-state index in [2.05, 4.69) is 20.4 Å². The first kappa shape index (κ1) is 13.1. The van der Waals surface area contributed by atoms with Gasteiger partial charge in [0.1, 0.15) is 0 Å². The first-order valence-corrected chi connectivity index (χ1v) is 7.54. The molecule has 0 unspecified atom stereocenters. The largest absolute Gasteiger partial charge is 0.351 e. The van der Waals surface area contributed by atoms with Gasteiger partial charge in [-0.05, 0) is 18.8 Å². The number of aromatic nitrogens is 2. The van der Waals surface area contributed by atoms with Gasteiger partial charge in [-0.1, -0.05) is 5.16 Å². The molecule has 6 nitrogen and oxygen atoms in total. The number of amides is 1. The molecule has 1 fully saturated rings. The quantitative estimate of drug-likeness (QED) is 0.930. The number of nitrogens with zero attached hydrogens (tertiary/aromatic N) is 3. The zero-order valence-corrected chi connectivity index (χ0v) is 11.8. The Kier molecular flexibility index (Phi) is 3.96. The van der Waals surface area contributed by atoms with Gasteiger partial charge < -0.3 is 14.7 Å². The van der Waals surface area contributed by atoms with E-state index in [0.29, 0.717) is 12.5 Å². The monoisotopic (exact) mass is 292 g/mol. The van der Waals surface area contributed by atoms with Gasteiger partial charge in [0.2, 0.25) is 5.76 Å². The van der Waals surface area contributed by atoms with Gasteiger partial charge in [-0.25, -0.2) is 4.98 Å². The number of nitrogens with one attached hydrogen (secondary N) is 1. The molecular weight excluding hydrogens is 276 g/mol. The summed E-state index contributed by atoms with van der Waals surface area (Å²) in [5.41, 5.74) is 0. The smallest absolute Gasteiger partial charge is 0.289 e. The fourth-order valence-corrected chi connectivity index (χ4v) is 3.11. The summed E-state index contributed by atoms with van der Waals surface area (Å²) < 4.78 is 4.83. The molecule has 1 amide bonds. The molecule has 1 atom stereocenters. The van der Waals surface area contributed by atoms with Crippen LogP contribution in [0.15, 0.2) is 28.4 Å². The molecular formula is C13H16N4O2S. The van der Waals surface area contributed by atoms with E-state index in [0.717, 1.165) is 31.1 Å². The van der Waals surface area contributed by atoms with Crippen LogP contribution in [-0.4, -0.2) is 35.7 Å². The molecule has 1 aliphatic heterocycles. The molecule has 106 valence electrons. The third-order valence-corrected chi connectivity index (χ3v) is 4.25. The van der Waals surface area contributed by atoms with Crippen LogP contribution in [0.3, 0.4) is 0 Å². The molecule has 0 saturated carbocycles. The topological polar surface area (TPSA) is 71.3 Å². The fraction of sp³-hybridized carbons (Fsp3) is 0.462. The van der Waals surface area contributed by atoms with Crippen LogP contribution in [-0.2, 0) is 0 Å². The third kappa shape index (κ3) is 2.98. The van der Waals surface area contributed by atoms with Crippen LogP contribution in [0.1, 0.15) is 23.4 Å². The minimum Gasteiger partial charge on any atom is -0.351 e. The number of carbonyl (C=O) groups is 1. The Bertz CT molecular complexity index is 541. The van der Waals surface area contributed by atoms with Crippen molar-refractivity contribution in [1.29, 1.82) is 0 Å². The lowest BCUT2D eigenvalue weighted by Crippen LogP contribution is -2.40. The summed E-state index contributed by atoms with van der Waals surface area (Å²) in [5, 5.41) is 9.49. The molecule has 20 heavy (non-hydrogen) atoms. The second-order valence-electron chi connectivity index (χ2n) is 4.86. The first-order valence-electron chi connectivity index (χ1n) is 6.66. The van der Waals surface area contributed by atoms with E-state index in [1.165, 1.54) is 6.20 Å². The van der Waals surface area contributed by atoms with Crippen molar-refractivity contribution < 1.29 is 9.32 Å². The second-order valence-corrected chi connectivity index (χ2v) is 5.73. The van der Waals surface area contributed by atoms with Gasteiger partial charge in [0.15, 0.2) is 5.13 Å². The zero-order valence-electron chi connectivity index (χ0n) is 11.0. The SMILES string of the molecule is O=C(NC[C@@H]1CCCN(c2nccs2)C1)c1ccno1. The Labute approximate surface area is 120 Å². The predicted molar refractivity (Wildman–Crippen MR) is 75.9 cm³/mol. The van der Waals surface area contributed by atoms with Crippen molar-refractivity contribution in [2.45, 2.75) is 12.8 Å². The maximum absolute atomic E-state index is 11.8. The summed E-state index contributed by atoms with van der Waals surface area (Å²) in [6, 6.07) is 1.57. The minimum absolute atomic E-state index is 0.200. The van der Waals surface area contributed by atoms with Crippen molar-refractivity contribution in [2.24, 2.45) is 5.92 Å². The van der Waals surface area contributed by atoms with Crippen molar-refractivity contribution >= 4 is 22.4 Å². The molecule has 0 bridgehead atoms. The average molecular weight is 292 g/mol. The van der Waals surface area contributed by atoms with E-state index in [-0.39, 0.29) is 11.7 Å². The van der Waals surface area contributed by atoms with E-state index in [1.54, 1.807) is 17.4 Å². The molecule has 0 aromatic carbocycles. The number of hydrogen-bond acceptors (Lipinski definition) is 6. The molecule has 0 radical (unpaired) electrons. The molecule has 7 heteroatoms. The summed E-state index contributed by atoms with van der Waals surface area (Å²) in [7, 11) is 0. The fourth-order valence-electron chi connectivity index (χ4n) is 2.43. The summed E-state index contributed by atoms with van der Waals surface area (Å²) in [6.45, 7) is 2.63. The van der Waals surface area contributed by atoms with E-state index in [4.69, 9.17) is 4.52 Å². The van der Waals surface area contributed by atoms with Crippen LogP contribution < -0.4 is 10.2 Å². The van der Waals surface area contributed by atoms with Crippen LogP contribution in [0, 0.1) is 5.92 Å². The predicted octanol–water partition coefficient (Wildman–Crippen LogP) is 1.78. The van der Waals surface area contributed by atoms with E-state index in [1.807, 2.05) is 11.6 Å². The van der Waals surface area contributed by atoms with Crippen molar-refractivity contribution in [3.8, 4) is 0 Å². The van der Waals surface area contributed by atoms with Gasteiger partial charge in [-0.2, -0.15) is 0 Å². The Balaban J connectivity index is 1.52. The lowest BCUT2D eigenvalue weighted by atomic mass is 9.98. The molecule has 2 aromatic heterocycles. The lowest BCUT2D eigenvalue weighted by molar-refractivity contribution is 0.0908. The molecule has 1 saturated heterocycles. The van der Waals surface area contributed by atoms with Crippen molar-refractivity contribution in [1.82, 2.24) is 15.5 Å². The van der Waals surface area contributed by atoms with Crippen molar-refractivity contribution in [2.75, 3.05) is 24.5 Å². The highest BCUT2D eigenvalue weighted by Gasteiger charge is 2.22. The molecule has 2 aromatic rings. The van der Waals surface area contributed by atoms with Crippen LogP contribution in [0.25, 0.3) is 0 Å². The minimum atomic E-state index is -0.200. The Hall–Kier alpha value is -1.89. The number of piperidine rings is 1. The highest BCUT2D eigenvalue weighted by Crippen LogP contribution is 2.24. The molecule has 3 heterocycles. The number of hydrogen-bond donors (Lipinski definition) is 1. The molecule has 1 aliphatic rings. The molecule has 0 spiro atoms. The number of thiazole rings is 1. The van der Waals surface area contributed by atoms with Gasteiger partial charge >= 0.3 is 0 Å². The van der Waals surface area contributed by atoms with E-state index < -0.39 is 0 Å². The van der Waals surface area contributed by atoms with Crippen LogP contribution >= 0.6 is 11.3 Å². The van der Waals surface area contributed by atoms with Gasteiger partial charge in [-0.15, -0.1) is 11.3 Å². The summed E-state index contributed by atoms with van der Waals surface area (Å²) in [5.74, 6) is 0.506. The van der Waals surface area contributed by atoms with Gasteiger partial charge in [0, 0.05) is 37.3 Å². The highest BCUT2D eigenvalue weighted by molar-refractivity contribution is 7.13. The number of anilines is 1. The third-order valence-electron chi connectivity index (χ3n) is 3.42. The summed E-state index contributed by atoms with van der Waals surface area (Å²) >= 11 is 1.66. The summed E-state index contributed by atoms with van der Waals surface area (Å²) in [6.07, 6.45) is 5.55.